The number of hydrogen-bond donors (Lipinski definition) is 3. The van der Waals surface area contributed by atoms with E-state index in [9.17, 15) is 5.21 Å². The fourth-order valence-electron chi connectivity index (χ4n) is 2.96. The Bertz CT molecular complexity index is 600. The molecule has 1 fully saturated rings. The minimum atomic E-state index is -0.922. The summed E-state index contributed by atoms with van der Waals surface area (Å²) < 4.78 is 5.87. The van der Waals surface area contributed by atoms with Crippen LogP contribution in [-0.4, -0.2) is 21.9 Å². The summed E-state index contributed by atoms with van der Waals surface area (Å²) in [4.78, 5) is 2.78. The van der Waals surface area contributed by atoms with Crippen LogP contribution in [0.2, 0.25) is 0 Å². The molecular formula is C19H30N2O3. The molecule has 1 aromatic heterocycles. The van der Waals surface area contributed by atoms with E-state index in [-0.39, 0.29) is 17.5 Å². The maximum Gasteiger partial charge on any atom is 0.237 e. The SMILES string of the molecule is CC(C)=CCCC(C)=CCCC1(C)OC1Cc1c[nH]c([NH+]([O-])O)c1. The normalized spacial score (nSPS) is 24.8. The van der Waals surface area contributed by atoms with E-state index in [4.69, 9.17) is 9.94 Å². The summed E-state index contributed by atoms with van der Waals surface area (Å²) in [6.07, 6.45) is 11.6. The minimum Gasteiger partial charge on any atom is -0.594 e. The first-order valence-electron chi connectivity index (χ1n) is 8.67. The number of epoxide rings is 1. The van der Waals surface area contributed by atoms with Crippen molar-refractivity contribution in [2.75, 3.05) is 0 Å². The molecule has 3 N–H and O–H groups in total. The van der Waals surface area contributed by atoms with Gasteiger partial charge in [0.25, 0.3) is 0 Å². The monoisotopic (exact) mass is 334 g/mol. The van der Waals surface area contributed by atoms with Gasteiger partial charge in [-0.25, -0.2) is 5.21 Å². The third kappa shape index (κ3) is 5.60. The van der Waals surface area contributed by atoms with Crippen molar-refractivity contribution in [2.45, 2.75) is 71.5 Å². The van der Waals surface area contributed by atoms with Crippen LogP contribution in [-0.2, 0) is 11.2 Å². The zero-order valence-corrected chi connectivity index (χ0v) is 15.2. The molecule has 0 saturated carbocycles. The molecule has 1 aromatic rings. The lowest BCUT2D eigenvalue weighted by molar-refractivity contribution is -0.993. The third-order valence-electron chi connectivity index (χ3n) is 4.65. The number of rotatable bonds is 9. The number of aromatic amines is 1. The van der Waals surface area contributed by atoms with Crippen LogP contribution < -0.4 is 5.23 Å². The highest BCUT2D eigenvalue weighted by atomic mass is 16.8. The number of nitrogens with one attached hydrogen (secondary N) is 2. The summed E-state index contributed by atoms with van der Waals surface area (Å²) >= 11 is 0. The lowest BCUT2D eigenvalue weighted by Gasteiger charge is -2.07. The zero-order chi connectivity index (χ0) is 17.7. The van der Waals surface area contributed by atoms with Gasteiger partial charge in [-0.1, -0.05) is 23.3 Å². The molecule has 0 aromatic carbocycles. The van der Waals surface area contributed by atoms with E-state index in [2.05, 4.69) is 44.8 Å². The Morgan fingerprint density at radius 2 is 2.12 bits per heavy atom. The van der Waals surface area contributed by atoms with Crippen LogP contribution >= 0.6 is 0 Å². The van der Waals surface area contributed by atoms with Crippen LogP contribution in [0.1, 0.15) is 58.9 Å². The molecule has 1 aliphatic rings. The Balaban J connectivity index is 1.73. The molecule has 24 heavy (non-hydrogen) atoms. The number of allylic oxidation sites excluding steroid dienone is 4. The second kappa shape index (κ2) is 8.12. The number of quaternary nitrogens is 1. The Morgan fingerprint density at radius 3 is 2.75 bits per heavy atom. The van der Waals surface area contributed by atoms with Crippen molar-refractivity contribution in [3.8, 4) is 0 Å². The molecule has 0 amide bonds. The summed E-state index contributed by atoms with van der Waals surface area (Å²) in [7, 11) is 0. The highest BCUT2D eigenvalue weighted by Gasteiger charge is 2.51. The number of H-pyrrole nitrogens is 1. The van der Waals surface area contributed by atoms with Crippen LogP contribution in [0.5, 0.6) is 0 Å². The molecule has 0 aliphatic carbocycles. The maximum atomic E-state index is 10.9. The van der Waals surface area contributed by atoms with Gasteiger partial charge in [-0.05, 0) is 58.9 Å². The fourth-order valence-corrected chi connectivity index (χ4v) is 2.96. The minimum absolute atomic E-state index is 0.0721. The highest BCUT2D eigenvalue weighted by molar-refractivity contribution is 5.28. The van der Waals surface area contributed by atoms with Gasteiger partial charge in [0.2, 0.25) is 5.82 Å². The van der Waals surface area contributed by atoms with E-state index in [0.717, 1.165) is 37.7 Å². The summed E-state index contributed by atoms with van der Waals surface area (Å²) in [6, 6.07) is 1.69. The summed E-state index contributed by atoms with van der Waals surface area (Å²) in [5.74, 6) is 0.238. The van der Waals surface area contributed by atoms with Crippen LogP contribution in [0, 0.1) is 5.21 Å². The topological polar surface area (TPSA) is 76.0 Å². The van der Waals surface area contributed by atoms with Crippen molar-refractivity contribution in [3.63, 3.8) is 0 Å². The number of ether oxygens (including phenoxy) is 1. The predicted octanol–water partition coefficient (Wildman–Crippen LogP) is 3.59. The first kappa shape index (κ1) is 18.9. The van der Waals surface area contributed by atoms with Crippen molar-refractivity contribution in [3.05, 3.63) is 46.3 Å². The molecule has 1 saturated heterocycles. The Labute approximate surface area is 144 Å². The standard InChI is InChI=1S/C19H30N2O3/c1-14(2)7-5-8-15(3)9-6-10-19(4)17(24-19)11-16-12-18(20-13-16)21(22)23/h7,9,12-13,17,20-22H,5-6,8,10-11H2,1-4H3. The summed E-state index contributed by atoms with van der Waals surface area (Å²) in [5.41, 5.74) is 3.73. The van der Waals surface area contributed by atoms with Crippen LogP contribution in [0.3, 0.4) is 0 Å². The second-order valence-electron chi connectivity index (χ2n) is 7.26. The smallest absolute Gasteiger partial charge is 0.237 e. The molecule has 0 radical (unpaired) electrons. The molecular weight excluding hydrogens is 304 g/mol. The molecule has 2 rings (SSSR count). The number of aromatic nitrogens is 1. The van der Waals surface area contributed by atoms with Crippen molar-refractivity contribution in [1.29, 1.82) is 0 Å². The van der Waals surface area contributed by atoms with E-state index in [0.29, 0.717) is 0 Å². The number of hydrogen-bond acceptors (Lipinski definition) is 3. The molecule has 0 spiro atoms. The van der Waals surface area contributed by atoms with E-state index in [1.807, 2.05) is 0 Å². The second-order valence-corrected chi connectivity index (χ2v) is 7.26. The molecule has 3 atom stereocenters. The van der Waals surface area contributed by atoms with Crippen molar-refractivity contribution in [1.82, 2.24) is 4.98 Å². The summed E-state index contributed by atoms with van der Waals surface area (Å²) in [6.45, 7) is 8.61. The highest BCUT2D eigenvalue weighted by Crippen LogP contribution is 2.42. The third-order valence-corrected chi connectivity index (χ3v) is 4.65. The van der Waals surface area contributed by atoms with E-state index >= 15 is 0 Å². The Morgan fingerprint density at radius 1 is 1.38 bits per heavy atom. The van der Waals surface area contributed by atoms with Gasteiger partial charge >= 0.3 is 0 Å². The summed E-state index contributed by atoms with van der Waals surface area (Å²) in [5, 5.41) is 18.9. The predicted molar refractivity (Wildman–Crippen MR) is 95.2 cm³/mol. The molecule has 134 valence electrons. The van der Waals surface area contributed by atoms with Crippen LogP contribution in [0.25, 0.3) is 0 Å². The molecule has 5 nitrogen and oxygen atoms in total. The van der Waals surface area contributed by atoms with Gasteiger partial charge in [-0.3, -0.25) is 0 Å². The quantitative estimate of drug-likeness (QED) is 0.367. The van der Waals surface area contributed by atoms with Gasteiger partial charge in [0.15, 0.2) is 0 Å². The first-order valence-corrected chi connectivity index (χ1v) is 8.67. The average Bonchev–Trinajstić information content (AvgIpc) is 2.91. The Kier molecular flexibility index (Phi) is 6.40. The van der Waals surface area contributed by atoms with Gasteiger partial charge in [0.1, 0.15) is 0 Å². The zero-order valence-electron chi connectivity index (χ0n) is 15.2. The molecule has 1 aliphatic heterocycles. The van der Waals surface area contributed by atoms with Crippen LogP contribution in [0.4, 0.5) is 5.82 Å². The van der Waals surface area contributed by atoms with Gasteiger partial charge in [-0.15, -0.1) is 0 Å². The van der Waals surface area contributed by atoms with Crippen LogP contribution in [0.15, 0.2) is 35.6 Å². The van der Waals surface area contributed by atoms with Crippen molar-refractivity contribution in [2.24, 2.45) is 0 Å². The molecule has 2 heterocycles. The lowest BCUT2D eigenvalue weighted by atomic mass is 9.96. The Hall–Kier alpha value is -1.40. The fraction of sp³-hybridized carbons (Fsp3) is 0.579. The largest absolute Gasteiger partial charge is 0.594 e. The van der Waals surface area contributed by atoms with Gasteiger partial charge < -0.3 is 14.9 Å². The van der Waals surface area contributed by atoms with Gasteiger partial charge in [-0.2, -0.15) is 5.23 Å². The van der Waals surface area contributed by atoms with Gasteiger partial charge in [0, 0.05) is 18.7 Å². The maximum absolute atomic E-state index is 10.9. The lowest BCUT2D eigenvalue weighted by Crippen LogP contribution is -2.99. The van der Waals surface area contributed by atoms with E-state index < -0.39 is 5.23 Å². The van der Waals surface area contributed by atoms with Gasteiger partial charge in [0.05, 0.1) is 11.7 Å². The molecule has 0 bridgehead atoms. The molecule has 3 unspecified atom stereocenters. The average molecular weight is 334 g/mol. The van der Waals surface area contributed by atoms with Crippen molar-refractivity contribution >= 4 is 5.82 Å². The van der Waals surface area contributed by atoms with Crippen molar-refractivity contribution < 1.29 is 15.2 Å². The van der Waals surface area contributed by atoms with E-state index in [1.54, 1.807) is 12.3 Å². The molecule has 5 heteroatoms. The first-order chi connectivity index (χ1) is 11.3. The van der Waals surface area contributed by atoms with E-state index in [1.165, 1.54) is 11.1 Å².